The number of halogens is 1. The maximum atomic E-state index is 12.1. The van der Waals surface area contributed by atoms with E-state index in [2.05, 4.69) is 34.8 Å². The minimum absolute atomic E-state index is 0.170. The number of carbonyl (C=O) groups excluding carboxylic acids is 1. The fraction of sp³-hybridized carbons (Fsp3) is 0.500. The van der Waals surface area contributed by atoms with Gasteiger partial charge < -0.3 is 10.2 Å². The molecule has 3 nitrogen and oxygen atoms in total. The molecule has 0 unspecified atom stereocenters. The number of hydrogen-bond donors (Lipinski definition) is 1. The second-order valence-corrected chi connectivity index (χ2v) is 6.50. The summed E-state index contributed by atoms with van der Waals surface area (Å²) < 4.78 is 1.17. The standard InChI is InChI=1S/C10H13IN2OS/c1-7-5-12-2-3-13(7)10(14)8-4-9(11)15-6-8/h4,6-7,12H,2-3,5H2,1H3/t7-/m1/s1. The maximum Gasteiger partial charge on any atom is 0.255 e. The lowest BCUT2D eigenvalue weighted by atomic mass is 10.2. The summed E-state index contributed by atoms with van der Waals surface area (Å²) in [6.07, 6.45) is 0. The third kappa shape index (κ3) is 2.51. The number of carbonyl (C=O) groups is 1. The Morgan fingerprint density at radius 2 is 2.53 bits per heavy atom. The van der Waals surface area contributed by atoms with Gasteiger partial charge in [0.15, 0.2) is 0 Å². The fourth-order valence-electron chi connectivity index (χ4n) is 1.73. The summed E-state index contributed by atoms with van der Waals surface area (Å²) in [7, 11) is 0. The van der Waals surface area contributed by atoms with Gasteiger partial charge >= 0.3 is 0 Å². The first-order valence-corrected chi connectivity index (χ1v) is 6.90. The van der Waals surface area contributed by atoms with E-state index in [0.29, 0.717) is 6.04 Å². The number of rotatable bonds is 1. The maximum absolute atomic E-state index is 12.1. The molecule has 1 N–H and O–H groups in total. The van der Waals surface area contributed by atoms with Crippen molar-refractivity contribution in [3.05, 3.63) is 19.9 Å². The van der Waals surface area contributed by atoms with Crippen LogP contribution in [0.15, 0.2) is 11.4 Å². The van der Waals surface area contributed by atoms with Gasteiger partial charge in [-0.1, -0.05) is 0 Å². The summed E-state index contributed by atoms with van der Waals surface area (Å²) in [4.78, 5) is 14.1. The molecule has 1 aliphatic heterocycles. The molecule has 2 heterocycles. The van der Waals surface area contributed by atoms with Gasteiger partial charge in [0.2, 0.25) is 0 Å². The lowest BCUT2D eigenvalue weighted by Crippen LogP contribution is -2.52. The first-order chi connectivity index (χ1) is 7.18. The first kappa shape index (κ1) is 11.3. The van der Waals surface area contributed by atoms with Crippen LogP contribution >= 0.6 is 33.9 Å². The third-order valence-corrected chi connectivity index (χ3v) is 4.37. The third-order valence-electron chi connectivity index (χ3n) is 2.58. The molecule has 1 fully saturated rings. The van der Waals surface area contributed by atoms with Crippen molar-refractivity contribution in [1.29, 1.82) is 0 Å². The van der Waals surface area contributed by atoms with Crippen LogP contribution in [0.25, 0.3) is 0 Å². The largest absolute Gasteiger partial charge is 0.333 e. The van der Waals surface area contributed by atoms with Gasteiger partial charge in [0, 0.05) is 31.1 Å². The van der Waals surface area contributed by atoms with Gasteiger partial charge in [0.25, 0.3) is 5.91 Å². The van der Waals surface area contributed by atoms with Gasteiger partial charge in [-0.25, -0.2) is 0 Å². The topological polar surface area (TPSA) is 32.3 Å². The van der Waals surface area contributed by atoms with Crippen LogP contribution < -0.4 is 5.32 Å². The van der Waals surface area contributed by atoms with E-state index in [9.17, 15) is 4.79 Å². The number of amides is 1. The molecule has 1 aromatic rings. The predicted molar refractivity (Wildman–Crippen MR) is 70.4 cm³/mol. The van der Waals surface area contributed by atoms with Crippen molar-refractivity contribution in [1.82, 2.24) is 10.2 Å². The van der Waals surface area contributed by atoms with Gasteiger partial charge in [-0.05, 0) is 35.6 Å². The molecular weight excluding hydrogens is 323 g/mol. The number of nitrogens with zero attached hydrogens (tertiary/aromatic N) is 1. The molecule has 0 spiro atoms. The lowest BCUT2D eigenvalue weighted by molar-refractivity contribution is 0.0656. The molecule has 0 aliphatic carbocycles. The molecule has 0 aromatic carbocycles. The van der Waals surface area contributed by atoms with Crippen LogP contribution in [0, 0.1) is 2.88 Å². The van der Waals surface area contributed by atoms with Crippen molar-refractivity contribution >= 4 is 39.8 Å². The van der Waals surface area contributed by atoms with E-state index in [0.717, 1.165) is 25.2 Å². The van der Waals surface area contributed by atoms with E-state index < -0.39 is 0 Å². The predicted octanol–water partition coefficient (Wildman–Crippen LogP) is 1.79. The zero-order valence-corrected chi connectivity index (χ0v) is 11.5. The Balaban J connectivity index is 2.13. The van der Waals surface area contributed by atoms with E-state index in [1.54, 1.807) is 11.3 Å². The molecule has 5 heteroatoms. The minimum Gasteiger partial charge on any atom is -0.333 e. The van der Waals surface area contributed by atoms with Gasteiger partial charge in [0.05, 0.1) is 8.45 Å². The molecule has 1 aromatic heterocycles. The van der Waals surface area contributed by atoms with E-state index in [4.69, 9.17) is 0 Å². The summed E-state index contributed by atoms with van der Waals surface area (Å²) >= 11 is 3.87. The van der Waals surface area contributed by atoms with E-state index in [1.165, 1.54) is 2.88 Å². The van der Waals surface area contributed by atoms with Crippen molar-refractivity contribution < 1.29 is 4.79 Å². The number of piperazine rings is 1. The van der Waals surface area contributed by atoms with Crippen LogP contribution in [-0.2, 0) is 0 Å². The van der Waals surface area contributed by atoms with Crippen molar-refractivity contribution in [2.45, 2.75) is 13.0 Å². The molecule has 1 amide bonds. The van der Waals surface area contributed by atoms with Crippen molar-refractivity contribution in [2.24, 2.45) is 0 Å². The molecule has 0 bridgehead atoms. The number of nitrogens with one attached hydrogen (secondary N) is 1. The average molecular weight is 336 g/mol. The van der Waals surface area contributed by atoms with E-state index >= 15 is 0 Å². The Kier molecular flexibility index (Phi) is 3.63. The second-order valence-electron chi connectivity index (χ2n) is 3.69. The summed E-state index contributed by atoms with van der Waals surface area (Å²) in [5.74, 6) is 0.170. The van der Waals surface area contributed by atoms with Crippen LogP contribution in [0.4, 0.5) is 0 Å². The number of thiophene rings is 1. The first-order valence-electron chi connectivity index (χ1n) is 4.94. The highest BCUT2D eigenvalue weighted by Gasteiger charge is 2.24. The van der Waals surface area contributed by atoms with Gasteiger partial charge in [-0.15, -0.1) is 11.3 Å². The van der Waals surface area contributed by atoms with Crippen LogP contribution in [0.3, 0.4) is 0 Å². The van der Waals surface area contributed by atoms with Crippen molar-refractivity contribution in [3.8, 4) is 0 Å². The van der Waals surface area contributed by atoms with Crippen molar-refractivity contribution in [3.63, 3.8) is 0 Å². The lowest BCUT2D eigenvalue weighted by Gasteiger charge is -2.33. The van der Waals surface area contributed by atoms with Gasteiger partial charge in [-0.2, -0.15) is 0 Å². The molecule has 2 rings (SSSR count). The highest BCUT2D eigenvalue weighted by Crippen LogP contribution is 2.19. The Morgan fingerprint density at radius 1 is 1.73 bits per heavy atom. The minimum atomic E-state index is 0.170. The fourth-order valence-corrected chi connectivity index (χ4v) is 3.05. The number of hydrogen-bond acceptors (Lipinski definition) is 3. The zero-order chi connectivity index (χ0) is 10.8. The van der Waals surface area contributed by atoms with E-state index in [1.807, 2.05) is 16.3 Å². The molecule has 82 valence electrons. The highest BCUT2D eigenvalue weighted by atomic mass is 127. The van der Waals surface area contributed by atoms with Crippen molar-refractivity contribution in [2.75, 3.05) is 19.6 Å². The summed E-state index contributed by atoms with van der Waals surface area (Å²) in [5.41, 5.74) is 0.832. The molecule has 1 aliphatic rings. The second kappa shape index (κ2) is 4.80. The normalized spacial score (nSPS) is 21.7. The Bertz CT molecular complexity index is 366. The Labute approximate surface area is 107 Å². The Morgan fingerprint density at radius 3 is 3.13 bits per heavy atom. The van der Waals surface area contributed by atoms with Crippen LogP contribution in [-0.4, -0.2) is 36.5 Å². The summed E-state index contributed by atoms with van der Waals surface area (Å²) in [5, 5.41) is 5.23. The molecule has 1 saturated heterocycles. The monoisotopic (exact) mass is 336 g/mol. The van der Waals surface area contributed by atoms with Crippen LogP contribution in [0.2, 0.25) is 0 Å². The SMILES string of the molecule is C[C@@H]1CNCCN1C(=O)c1csc(I)c1. The smallest absolute Gasteiger partial charge is 0.255 e. The van der Waals surface area contributed by atoms with Crippen LogP contribution in [0.1, 0.15) is 17.3 Å². The molecule has 0 radical (unpaired) electrons. The quantitative estimate of drug-likeness (QED) is 0.793. The Hall–Kier alpha value is -0.140. The summed E-state index contributed by atoms with van der Waals surface area (Å²) in [6.45, 7) is 4.69. The van der Waals surface area contributed by atoms with Gasteiger partial charge in [-0.3, -0.25) is 4.79 Å². The molecular formula is C10H13IN2OS. The molecule has 1 atom stereocenters. The zero-order valence-electron chi connectivity index (χ0n) is 8.50. The van der Waals surface area contributed by atoms with E-state index in [-0.39, 0.29) is 5.91 Å². The summed E-state index contributed by atoms with van der Waals surface area (Å²) in [6, 6.07) is 2.26. The molecule has 15 heavy (non-hydrogen) atoms. The highest BCUT2D eigenvalue weighted by molar-refractivity contribution is 14.1. The van der Waals surface area contributed by atoms with Gasteiger partial charge in [0.1, 0.15) is 0 Å². The average Bonchev–Trinajstić information content (AvgIpc) is 2.65. The molecule has 0 saturated carbocycles. The van der Waals surface area contributed by atoms with Crippen LogP contribution in [0.5, 0.6) is 0 Å².